The molecule has 5 heteroatoms. The van der Waals surface area contributed by atoms with Gasteiger partial charge >= 0.3 is 0 Å². The molecule has 3 rings (SSSR count). The molecule has 1 heterocycles. The van der Waals surface area contributed by atoms with Crippen LogP contribution in [-0.4, -0.2) is 56.1 Å². The number of aryl methyl sites for hydroxylation is 1. The minimum absolute atomic E-state index is 0.0359. The van der Waals surface area contributed by atoms with Crippen LogP contribution in [0.25, 0.3) is 0 Å². The molecule has 5 nitrogen and oxygen atoms in total. The SMILES string of the molecule is COc1cc(C(=O)N2CCCN(Cc3ccc(C)cc3)CC2)cc(OC)c1C. The van der Waals surface area contributed by atoms with E-state index in [4.69, 9.17) is 9.47 Å². The number of rotatable bonds is 5. The van der Waals surface area contributed by atoms with E-state index in [2.05, 4.69) is 36.1 Å². The first-order valence-corrected chi connectivity index (χ1v) is 9.81. The number of nitrogens with zero attached hydrogens (tertiary/aromatic N) is 2. The van der Waals surface area contributed by atoms with E-state index in [1.165, 1.54) is 11.1 Å². The van der Waals surface area contributed by atoms with Crippen LogP contribution in [0.15, 0.2) is 36.4 Å². The van der Waals surface area contributed by atoms with Crippen LogP contribution in [0.3, 0.4) is 0 Å². The van der Waals surface area contributed by atoms with Crippen molar-refractivity contribution in [2.24, 2.45) is 0 Å². The lowest BCUT2D eigenvalue weighted by Crippen LogP contribution is -2.35. The van der Waals surface area contributed by atoms with Crippen molar-refractivity contribution in [3.05, 3.63) is 58.7 Å². The third kappa shape index (κ3) is 4.65. The van der Waals surface area contributed by atoms with E-state index >= 15 is 0 Å². The molecule has 150 valence electrons. The van der Waals surface area contributed by atoms with Crippen LogP contribution in [0.1, 0.15) is 33.5 Å². The number of amides is 1. The van der Waals surface area contributed by atoms with Crippen LogP contribution < -0.4 is 9.47 Å². The first-order chi connectivity index (χ1) is 13.5. The number of carbonyl (C=O) groups excluding carboxylic acids is 1. The summed E-state index contributed by atoms with van der Waals surface area (Å²) in [6.07, 6.45) is 0.970. The summed E-state index contributed by atoms with van der Waals surface area (Å²) in [5.74, 6) is 1.39. The van der Waals surface area contributed by atoms with Crippen LogP contribution >= 0.6 is 0 Å². The molecule has 2 aromatic rings. The van der Waals surface area contributed by atoms with Crippen LogP contribution in [0, 0.1) is 13.8 Å². The van der Waals surface area contributed by atoms with Gasteiger partial charge in [0.15, 0.2) is 0 Å². The lowest BCUT2D eigenvalue weighted by atomic mass is 10.1. The molecule has 2 aromatic carbocycles. The average molecular weight is 383 g/mol. The third-order valence-electron chi connectivity index (χ3n) is 5.40. The zero-order chi connectivity index (χ0) is 20.1. The van der Waals surface area contributed by atoms with Crippen LogP contribution in [0.2, 0.25) is 0 Å². The molecule has 0 aliphatic carbocycles. The highest BCUT2D eigenvalue weighted by Gasteiger charge is 2.22. The van der Waals surface area contributed by atoms with Gasteiger partial charge in [-0.25, -0.2) is 0 Å². The first kappa shape index (κ1) is 20.2. The quantitative estimate of drug-likeness (QED) is 0.791. The third-order valence-corrected chi connectivity index (χ3v) is 5.40. The second kappa shape index (κ2) is 9.11. The smallest absolute Gasteiger partial charge is 0.254 e. The highest BCUT2D eigenvalue weighted by Crippen LogP contribution is 2.30. The lowest BCUT2D eigenvalue weighted by Gasteiger charge is -2.23. The second-order valence-electron chi connectivity index (χ2n) is 7.41. The Bertz CT molecular complexity index is 792. The van der Waals surface area contributed by atoms with Gasteiger partial charge in [-0.05, 0) is 38.0 Å². The number of hydrogen-bond donors (Lipinski definition) is 0. The van der Waals surface area contributed by atoms with E-state index in [0.29, 0.717) is 17.1 Å². The van der Waals surface area contributed by atoms with Crippen molar-refractivity contribution in [3.63, 3.8) is 0 Å². The minimum atomic E-state index is 0.0359. The fraction of sp³-hybridized carbons (Fsp3) is 0.435. The number of methoxy groups -OCH3 is 2. The summed E-state index contributed by atoms with van der Waals surface area (Å²) in [4.78, 5) is 17.5. The zero-order valence-electron chi connectivity index (χ0n) is 17.3. The fourth-order valence-electron chi connectivity index (χ4n) is 3.68. The molecular weight excluding hydrogens is 352 g/mol. The van der Waals surface area contributed by atoms with Crippen LogP contribution in [-0.2, 0) is 6.54 Å². The van der Waals surface area contributed by atoms with Gasteiger partial charge in [0.2, 0.25) is 0 Å². The van der Waals surface area contributed by atoms with Crippen LogP contribution in [0.5, 0.6) is 11.5 Å². The van der Waals surface area contributed by atoms with E-state index < -0.39 is 0 Å². The Morgan fingerprint density at radius 1 is 0.929 bits per heavy atom. The van der Waals surface area contributed by atoms with Crippen molar-refractivity contribution < 1.29 is 14.3 Å². The molecule has 0 spiro atoms. The van der Waals surface area contributed by atoms with Crippen molar-refractivity contribution in [3.8, 4) is 11.5 Å². The monoisotopic (exact) mass is 382 g/mol. The van der Waals surface area contributed by atoms with Crippen molar-refractivity contribution in [2.45, 2.75) is 26.8 Å². The molecule has 28 heavy (non-hydrogen) atoms. The predicted octanol–water partition coefficient (Wildman–Crippen LogP) is 3.67. The van der Waals surface area contributed by atoms with Gasteiger partial charge in [0.1, 0.15) is 11.5 Å². The Morgan fingerprint density at radius 3 is 2.18 bits per heavy atom. The molecule has 1 amide bonds. The second-order valence-corrected chi connectivity index (χ2v) is 7.41. The molecule has 0 bridgehead atoms. The Labute approximate surface area is 167 Å². The van der Waals surface area contributed by atoms with E-state index in [9.17, 15) is 4.79 Å². The van der Waals surface area contributed by atoms with Gasteiger partial charge in [0.25, 0.3) is 5.91 Å². The number of benzene rings is 2. The van der Waals surface area contributed by atoms with E-state index in [-0.39, 0.29) is 5.91 Å². The molecule has 0 radical (unpaired) electrons. The van der Waals surface area contributed by atoms with Crippen LogP contribution in [0.4, 0.5) is 0 Å². The summed E-state index contributed by atoms with van der Waals surface area (Å²) in [6.45, 7) is 8.33. The van der Waals surface area contributed by atoms with Gasteiger partial charge in [0, 0.05) is 43.9 Å². The van der Waals surface area contributed by atoms with E-state index in [1.807, 2.05) is 24.0 Å². The predicted molar refractivity (Wildman–Crippen MR) is 111 cm³/mol. The van der Waals surface area contributed by atoms with Crippen molar-refractivity contribution >= 4 is 5.91 Å². The maximum absolute atomic E-state index is 13.1. The largest absolute Gasteiger partial charge is 0.496 e. The molecule has 1 aliphatic rings. The molecule has 0 aromatic heterocycles. The highest BCUT2D eigenvalue weighted by atomic mass is 16.5. The van der Waals surface area contributed by atoms with Gasteiger partial charge < -0.3 is 14.4 Å². The summed E-state index contributed by atoms with van der Waals surface area (Å²) in [6, 6.07) is 12.3. The summed E-state index contributed by atoms with van der Waals surface area (Å²) in [7, 11) is 3.23. The molecule has 1 saturated heterocycles. The van der Waals surface area contributed by atoms with Crippen molar-refractivity contribution in [2.75, 3.05) is 40.4 Å². The van der Waals surface area contributed by atoms with Crippen molar-refractivity contribution in [1.29, 1.82) is 0 Å². The summed E-state index contributed by atoms with van der Waals surface area (Å²) in [5, 5.41) is 0. The fourth-order valence-corrected chi connectivity index (χ4v) is 3.68. The molecule has 0 atom stereocenters. The topological polar surface area (TPSA) is 42.0 Å². The molecule has 0 saturated carbocycles. The van der Waals surface area contributed by atoms with E-state index in [1.54, 1.807) is 14.2 Å². The Morgan fingerprint density at radius 2 is 1.57 bits per heavy atom. The van der Waals surface area contributed by atoms with Gasteiger partial charge in [-0.15, -0.1) is 0 Å². The Balaban J connectivity index is 1.68. The summed E-state index contributed by atoms with van der Waals surface area (Å²) in [5.41, 5.74) is 4.12. The average Bonchev–Trinajstić information content (AvgIpc) is 2.95. The molecule has 1 aliphatic heterocycles. The van der Waals surface area contributed by atoms with Gasteiger partial charge in [-0.2, -0.15) is 0 Å². The molecule has 0 unspecified atom stereocenters. The minimum Gasteiger partial charge on any atom is -0.496 e. The Hall–Kier alpha value is -2.53. The molecule has 0 N–H and O–H groups in total. The van der Waals surface area contributed by atoms with Gasteiger partial charge in [-0.3, -0.25) is 9.69 Å². The lowest BCUT2D eigenvalue weighted by molar-refractivity contribution is 0.0760. The van der Waals surface area contributed by atoms with E-state index in [0.717, 1.165) is 44.7 Å². The maximum Gasteiger partial charge on any atom is 0.254 e. The highest BCUT2D eigenvalue weighted by molar-refractivity contribution is 5.95. The maximum atomic E-state index is 13.1. The number of carbonyl (C=O) groups is 1. The van der Waals surface area contributed by atoms with Crippen molar-refractivity contribution in [1.82, 2.24) is 9.80 Å². The van der Waals surface area contributed by atoms with Gasteiger partial charge in [-0.1, -0.05) is 29.8 Å². The van der Waals surface area contributed by atoms with Gasteiger partial charge in [0.05, 0.1) is 14.2 Å². The number of hydrogen-bond acceptors (Lipinski definition) is 4. The first-order valence-electron chi connectivity index (χ1n) is 9.81. The molecule has 1 fully saturated rings. The number of ether oxygens (including phenoxy) is 2. The Kier molecular flexibility index (Phi) is 6.57. The normalized spacial score (nSPS) is 15.2. The zero-order valence-corrected chi connectivity index (χ0v) is 17.3. The summed E-state index contributed by atoms with van der Waals surface area (Å²) >= 11 is 0. The summed E-state index contributed by atoms with van der Waals surface area (Å²) < 4.78 is 10.8. The standard InChI is InChI=1S/C23H30N2O3/c1-17-6-8-19(9-7-17)16-24-10-5-11-25(13-12-24)23(26)20-14-21(27-3)18(2)22(15-20)28-4/h6-9,14-15H,5,10-13,16H2,1-4H3. The molecular formula is C23H30N2O3.